The van der Waals surface area contributed by atoms with E-state index in [-0.39, 0.29) is 0 Å². The van der Waals surface area contributed by atoms with Crippen LogP contribution in [0.4, 0.5) is 0 Å². The minimum atomic E-state index is -1.30. The van der Waals surface area contributed by atoms with Crippen molar-refractivity contribution in [2.75, 3.05) is 0 Å². The van der Waals surface area contributed by atoms with Crippen LogP contribution in [0.5, 0.6) is 0 Å². The molecule has 0 aliphatic heterocycles. The van der Waals surface area contributed by atoms with Gasteiger partial charge in [-0.25, -0.2) is 0 Å². The van der Waals surface area contributed by atoms with Gasteiger partial charge in [0.05, 0.1) is 0 Å². The van der Waals surface area contributed by atoms with Crippen LogP contribution in [0.25, 0.3) is 21.9 Å². The van der Waals surface area contributed by atoms with Crippen molar-refractivity contribution in [1.29, 1.82) is 0 Å². The number of hydrogen-bond donors (Lipinski definition) is 1. The Labute approximate surface area is 190 Å². The molecule has 0 aliphatic rings. The third-order valence-corrected chi connectivity index (χ3v) is 6.31. The molecule has 5 aromatic carbocycles. The van der Waals surface area contributed by atoms with Gasteiger partial charge in [0.25, 0.3) is 0 Å². The maximum atomic E-state index is 12.4. The summed E-state index contributed by atoms with van der Waals surface area (Å²) in [6.45, 7) is 0. The summed E-state index contributed by atoms with van der Waals surface area (Å²) in [6, 6.07) is 40.7. The van der Waals surface area contributed by atoms with Crippen LogP contribution in [0.3, 0.4) is 0 Å². The first-order valence-electron chi connectivity index (χ1n) is 10.3. The second kappa shape index (κ2) is 8.14. The average molecular weight is 465 g/mol. The molecule has 0 spiro atoms. The van der Waals surface area contributed by atoms with Crippen molar-refractivity contribution in [3.63, 3.8) is 0 Å². The highest BCUT2D eigenvalue weighted by Crippen LogP contribution is 2.43. The summed E-state index contributed by atoms with van der Waals surface area (Å²) in [5.41, 5.74) is 3.29. The largest absolute Gasteiger partial charge is 0.376 e. The molecule has 1 nitrogen and oxygen atoms in total. The molecular formula is C29H21BrO. The lowest BCUT2D eigenvalue weighted by atomic mass is 9.77. The second-order valence-corrected chi connectivity index (χ2v) is 8.61. The van der Waals surface area contributed by atoms with E-state index in [0.29, 0.717) is 0 Å². The second-order valence-electron chi connectivity index (χ2n) is 7.69. The summed E-state index contributed by atoms with van der Waals surface area (Å²) in [5, 5.41) is 14.8. The zero-order chi connectivity index (χ0) is 21.3. The Morgan fingerprint density at radius 2 is 1.13 bits per heavy atom. The van der Waals surface area contributed by atoms with Crippen LogP contribution in [-0.2, 0) is 5.60 Å². The van der Waals surface area contributed by atoms with E-state index in [0.717, 1.165) is 32.3 Å². The van der Waals surface area contributed by atoms with E-state index in [4.69, 9.17) is 0 Å². The van der Waals surface area contributed by atoms with Crippen LogP contribution in [0.2, 0.25) is 0 Å². The van der Waals surface area contributed by atoms with Gasteiger partial charge >= 0.3 is 0 Å². The van der Waals surface area contributed by atoms with Crippen molar-refractivity contribution in [2.45, 2.75) is 5.60 Å². The zero-order valence-electron chi connectivity index (χ0n) is 16.9. The number of aliphatic hydroxyl groups is 1. The highest BCUT2D eigenvalue weighted by molar-refractivity contribution is 9.10. The molecule has 0 heterocycles. The fraction of sp³-hybridized carbons (Fsp3) is 0.0345. The fourth-order valence-corrected chi connectivity index (χ4v) is 4.62. The highest BCUT2D eigenvalue weighted by Gasteiger charge is 2.36. The third-order valence-electron chi connectivity index (χ3n) is 5.82. The molecule has 0 aliphatic carbocycles. The summed E-state index contributed by atoms with van der Waals surface area (Å²) in [5.74, 6) is 0. The molecule has 1 N–H and O–H groups in total. The highest BCUT2D eigenvalue weighted by atomic mass is 79.9. The molecule has 0 aromatic heterocycles. The minimum absolute atomic E-state index is 0.835. The number of fused-ring (bicyclic) bond motifs is 1. The number of halogens is 1. The smallest absolute Gasteiger partial charge is 0.141 e. The van der Waals surface area contributed by atoms with E-state index in [9.17, 15) is 5.11 Å². The summed E-state index contributed by atoms with van der Waals surface area (Å²) < 4.78 is 0.928. The Kier molecular flexibility index (Phi) is 5.19. The summed E-state index contributed by atoms with van der Waals surface area (Å²) in [7, 11) is 0. The number of hydrogen-bond acceptors (Lipinski definition) is 1. The lowest BCUT2D eigenvalue weighted by Gasteiger charge is -2.32. The van der Waals surface area contributed by atoms with Gasteiger partial charge in [0.2, 0.25) is 0 Å². The molecule has 31 heavy (non-hydrogen) atoms. The Bertz CT molecular complexity index is 1300. The Morgan fingerprint density at radius 1 is 0.548 bits per heavy atom. The lowest BCUT2D eigenvalue weighted by molar-refractivity contribution is 0.126. The van der Waals surface area contributed by atoms with E-state index in [1.54, 1.807) is 0 Å². The molecule has 0 fully saturated rings. The van der Waals surface area contributed by atoms with Gasteiger partial charge in [0.1, 0.15) is 5.60 Å². The normalized spacial score (nSPS) is 11.5. The molecule has 0 atom stereocenters. The van der Waals surface area contributed by atoms with Crippen LogP contribution >= 0.6 is 15.9 Å². The minimum Gasteiger partial charge on any atom is -0.376 e. The molecule has 0 saturated carbocycles. The van der Waals surface area contributed by atoms with Gasteiger partial charge in [-0.2, -0.15) is 0 Å². The van der Waals surface area contributed by atoms with Gasteiger partial charge in [0.15, 0.2) is 0 Å². The van der Waals surface area contributed by atoms with Gasteiger partial charge in [-0.1, -0.05) is 119 Å². The van der Waals surface area contributed by atoms with Crippen molar-refractivity contribution in [2.24, 2.45) is 0 Å². The van der Waals surface area contributed by atoms with Gasteiger partial charge in [-0.15, -0.1) is 0 Å². The standard InChI is InChI=1S/C29H21BrO/c30-26-17-18-27(23-16-15-21-9-7-8-10-22(21)19-23)28(20-26)29(31,24-11-3-1-4-12-24)25-13-5-2-6-14-25/h1-20,31H. The first-order valence-corrected chi connectivity index (χ1v) is 11.1. The van der Waals surface area contributed by atoms with Gasteiger partial charge in [0, 0.05) is 10.0 Å². The predicted molar refractivity (Wildman–Crippen MR) is 132 cm³/mol. The van der Waals surface area contributed by atoms with Crippen molar-refractivity contribution < 1.29 is 5.11 Å². The molecule has 5 rings (SSSR count). The lowest BCUT2D eigenvalue weighted by Crippen LogP contribution is -2.29. The maximum Gasteiger partial charge on any atom is 0.141 e. The van der Waals surface area contributed by atoms with Crippen LogP contribution in [-0.4, -0.2) is 5.11 Å². The maximum absolute atomic E-state index is 12.4. The van der Waals surface area contributed by atoms with Crippen LogP contribution in [0.15, 0.2) is 126 Å². The van der Waals surface area contributed by atoms with E-state index in [1.807, 2.05) is 72.8 Å². The molecule has 0 saturated heterocycles. The predicted octanol–water partition coefficient (Wildman–Crippen LogP) is 7.55. The van der Waals surface area contributed by atoms with E-state index < -0.39 is 5.60 Å². The van der Waals surface area contributed by atoms with Crippen LogP contribution in [0.1, 0.15) is 16.7 Å². The molecule has 2 heteroatoms. The molecule has 0 unspecified atom stereocenters. The molecule has 0 radical (unpaired) electrons. The first-order chi connectivity index (χ1) is 15.2. The Hall–Kier alpha value is -3.20. The Balaban J connectivity index is 1.80. The molecule has 5 aromatic rings. The van der Waals surface area contributed by atoms with Crippen molar-refractivity contribution in [3.8, 4) is 11.1 Å². The first kappa shape index (κ1) is 19.7. The summed E-state index contributed by atoms with van der Waals surface area (Å²) in [6.07, 6.45) is 0. The van der Waals surface area contributed by atoms with Crippen LogP contribution < -0.4 is 0 Å². The van der Waals surface area contributed by atoms with Crippen molar-refractivity contribution in [1.82, 2.24) is 0 Å². The molecule has 0 bridgehead atoms. The number of benzene rings is 5. The molecule has 0 amide bonds. The van der Waals surface area contributed by atoms with Gasteiger partial charge in [-0.3, -0.25) is 0 Å². The Morgan fingerprint density at radius 3 is 1.77 bits per heavy atom. The third kappa shape index (κ3) is 3.59. The zero-order valence-corrected chi connectivity index (χ0v) is 18.5. The number of rotatable bonds is 4. The van der Waals surface area contributed by atoms with Crippen molar-refractivity contribution in [3.05, 3.63) is 142 Å². The van der Waals surface area contributed by atoms with E-state index in [2.05, 4.69) is 64.5 Å². The van der Waals surface area contributed by atoms with Crippen molar-refractivity contribution >= 4 is 26.7 Å². The summed E-state index contributed by atoms with van der Waals surface area (Å²) >= 11 is 3.64. The van der Waals surface area contributed by atoms with Gasteiger partial charge < -0.3 is 5.11 Å². The topological polar surface area (TPSA) is 20.2 Å². The quantitative estimate of drug-likeness (QED) is 0.272. The van der Waals surface area contributed by atoms with E-state index in [1.165, 1.54) is 10.8 Å². The monoisotopic (exact) mass is 464 g/mol. The summed E-state index contributed by atoms with van der Waals surface area (Å²) in [4.78, 5) is 0. The van der Waals surface area contributed by atoms with E-state index >= 15 is 0 Å². The molecule has 150 valence electrons. The molecular weight excluding hydrogens is 444 g/mol. The van der Waals surface area contributed by atoms with Crippen LogP contribution in [0, 0.1) is 0 Å². The SMILES string of the molecule is OC(c1ccccc1)(c1ccccc1)c1cc(Br)ccc1-c1ccc2ccccc2c1. The fourth-order valence-electron chi connectivity index (χ4n) is 4.26. The van der Waals surface area contributed by atoms with Gasteiger partial charge in [-0.05, 0) is 51.2 Å². The average Bonchev–Trinajstić information content (AvgIpc) is 2.84.